The Kier molecular flexibility index (Phi) is 6.68. The van der Waals surface area contributed by atoms with Crippen LogP contribution in [0.3, 0.4) is 0 Å². The summed E-state index contributed by atoms with van der Waals surface area (Å²) in [5.74, 6) is 0.518. The van der Waals surface area contributed by atoms with Gasteiger partial charge in [-0.1, -0.05) is 25.1 Å². The van der Waals surface area contributed by atoms with Crippen molar-refractivity contribution in [2.75, 3.05) is 26.7 Å². The van der Waals surface area contributed by atoms with E-state index in [-0.39, 0.29) is 11.8 Å². The molecule has 2 aromatic rings. The molecule has 7 nitrogen and oxygen atoms in total. The van der Waals surface area contributed by atoms with Crippen molar-refractivity contribution < 1.29 is 9.59 Å². The molecule has 7 heteroatoms. The van der Waals surface area contributed by atoms with Crippen molar-refractivity contribution in [2.24, 2.45) is 4.99 Å². The number of carbonyl (C=O) groups is 2. The zero-order valence-corrected chi connectivity index (χ0v) is 16.7. The highest BCUT2D eigenvalue weighted by molar-refractivity contribution is 5.97. The number of benzene rings is 1. The van der Waals surface area contributed by atoms with Crippen LogP contribution in [0.1, 0.15) is 37.3 Å². The first kappa shape index (κ1) is 19.9. The number of aromatic amines is 1. The first-order valence-electron chi connectivity index (χ1n) is 9.99. The number of aromatic nitrogens is 1. The molecule has 150 valence electrons. The minimum absolute atomic E-state index is 0.0771. The lowest BCUT2D eigenvalue weighted by Crippen LogP contribution is -2.46. The topological polar surface area (TPSA) is 89.6 Å². The summed E-state index contributed by atoms with van der Waals surface area (Å²) in [4.78, 5) is 32.6. The third kappa shape index (κ3) is 4.52. The minimum Gasteiger partial charge on any atom is -0.361 e. The summed E-state index contributed by atoms with van der Waals surface area (Å²) >= 11 is 0. The van der Waals surface area contributed by atoms with Crippen LogP contribution >= 0.6 is 0 Å². The fourth-order valence-corrected chi connectivity index (χ4v) is 3.65. The highest BCUT2D eigenvalue weighted by atomic mass is 16.2. The van der Waals surface area contributed by atoms with Crippen molar-refractivity contribution in [3.63, 3.8) is 0 Å². The second kappa shape index (κ2) is 9.39. The van der Waals surface area contributed by atoms with E-state index < -0.39 is 0 Å². The van der Waals surface area contributed by atoms with Gasteiger partial charge in [-0.15, -0.1) is 0 Å². The maximum Gasteiger partial charge on any atom is 0.229 e. The van der Waals surface area contributed by atoms with Gasteiger partial charge in [-0.25, -0.2) is 0 Å². The lowest BCUT2D eigenvalue weighted by Gasteiger charge is -2.25. The Bertz CT molecular complexity index is 855. The van der Waals surface area contributed by atoms with Crippen molar-refractivity contribution in [3.8, 4) is 0 Å². The molecule has 0 radical (unpaired) electrons. The van der Waals surface area contributed by atoms with Gasteiger partial charge in [-0.2, -0.15) is 0 Å². The van der Waals surface area contributed by atoms with Gasteiger partial charge in [-0.3, -0.25) is 19.5 Å². The molecule has 1 fully saturated rings. The molecule has 0 aliphatic carbocycles. The van der Waals surface area contributed by atoms with Gasteiger partial charge in [0.05, 0.1) is 0 Å². The second-order valence-corrected chi connectivity index (χ2v) is 6.98. The fraction of sp³-hybridized carbons (Fsp3) is 0.476. The van der Waals surface area contributed by atoms with Gasteiger partial charge in [0.15, 0.2) is 5.96 Å². The average molecular weight is 383 g/mol. The van der Waals surface area contributed by atoms with Crippen LogP contribution in [0.15, 0.2) is 29.4 Å². The molecule has 0 bridgehead atoms. The van der Waals surface area contributed by atoms with E-state index >= 15 is 0 Å². The number of nitrogens with zero attached hydrogens (tertiary/aromatic N) is 2. The number of amides is 2. The number of likely N-dealkylation sites (tertiary alicyclic amines) is 1. The van der Waals surface area contributed by atoms with E-state index in [1.807, 2.05) is 0 Å². The van der Waals surface area contributed by atoms with E-state index in [0.717, 1.165) is 19.4 Å². The maximum atomic E-state index is 11.8. The highest BCUT2D eigenvalue weighted by Gasteiger charge is 2.25. The van der Waals surface area contributed by atoms with Crippen LogP contribution in [-0.2, 0) is 22.4 Å². The number of guanidine groups is 1. The van der Waals surface area contributed by atoms with Crippen LogP contribution in [0.5, 0.6) is 0 Å². The van der Waals surface area contributed by atoms with E-state index in [0.29, 0.717) is 38.3 Å². The van der Waals surface area contributed by atoms with Crippen molar-refractivity contribution in [1.82, 2.24) is 20.5 Å². The summed E-state index contributed by atoms with van der Waals surface area (Å²) < 4.78 is 0. The smallest absolute Gasteiger partial charge is 0.229 e. The standard InChI is InChI=1S/C21H29N5O2/c1-3-15-6-4-7-17-16(14-25-20(15)17)10-11-23-21(22-2)24-12-13-26-18(27)8-5-9-19(26)28/h4,6-7,14,25H,3,5,8-13H2,1-2H3,(H2,22,23,24). The van der Waals surface area contributed by atoms with Gasteiger partial charge in [0, 0.05) is 56.6 Å². The first-order chi connectivity index (χ1) is 13.6. The molecule has 1 aliphatic heterocycles. The van der Waals surface area contributed by atoms with E-state index in [4.69, 9.17) is 0 Å². The van der Waals surface area contributed by atoms with Crippen LogP contribution < -0.4 is 10.6 Å². The van der Waals surface area contributed by atoms with E-state index in [1.54, 1.807) is 7.05 Å². The number of aryl methyl sites for hydroxylation is 1. The second-order valence-electron chi connectivity index (χ2n) is 6.98. The van der Waals surface area contributed by atoms with Crippen LogP contribution in [0.25, 0.3) is 10.9 Å². The molecular formula is C21H29N5O2. The number of rotatable bonds is 7. The Labute approximate surface area is 165 Å². The summed E-state index contributed by atoms with van der Waals surface area (Å²) in [6.07, 6.45) is 5.55. The third-order valence-electron chi connectivity index (χ3n) is 5.19. The lowest BCUT2D eigenvalue weighted by molar-refractivity contribution is -0.147. The van der Waals surface area contributed by atoms with Crippen LogP contribution in [0, 0.1) is 0 Å². The number of nitrogens with one attached hydrogen (secondary N) is 3. The normalized spacial score (nSPS) is 15.4. The number of aliphatic imine (C=N–C) groups is 1. The number of carbonyl (C=O) groups excluding carboxylic acids is 2. The van der Waals surface area contributed by atoms with Crippen molar-refractivity contribution in [1.29, 1.82) is 0 Å². The van der Waals surface area contributed by atoms with E-state index in [9.17, 15) is 9.59 Å². The van der Waals surface area contributed by atoms with Crippen molar-refractivity contribution in [3.05, 3.63) is 35.5 Å². The maximum absolute atomic E-state index is 11.8. The quantitative estimate of drug-likeness (QED) is 0.387. The van der Waals surface area contributed by atoms with E-state index in [2.05, 4.69) is 51.9 Å². The summed E-state index contributed by atoms with van der Waals surface area (Å²) in [6.45, 7) is 3.77. The van der Waals surface area contributed by atoms with Gasteiger partial charge in [0.2, 0.25) is 11.8 Å². The molecule has 1 aliphatic rings. The largest absolute Gasteiger partial charge is 0.361 e. The van der Waals surface area contributed by atoms with E-state index in [1.165, 1.54) is 26.9 Å². The zero-order valence-electron chi connectivity index (χ0n) is 16.7. The molecule has 28 heavy (non-hydrogen) atoms. The Morgan fingerprint density at radius 3 is 2.61 bits per heavy atom. The molecule has 1 aromatic carbocycles. The summed E-state index contributed by atoms with van der Waals surface area (Å²) in [5, 5.41) is 7.75. The van der Waals surface area contributed by atoms with Gasteiger partial charge >= 0.3 is 0 Å². The number of para-hydroxylation sites is 1. The number of hydrogen-bond donors (Lipinski definition) is 3. The van der Waals surface area contributed by atoms with Gasteiger partial charge in [0.1, 0.15) is 0 Å². The molecule has 2 heterocycles. The molecule has 0 spiro atoms. The van der Waals surface area contributed by atoms with Crippen molar-refractivity contribution in [2.45, 2.75) is 39.0 Å². The zero-order chi connectivity index (χ0) is 19.9. The predicted octanol–water partition coefficient (Wildman–Crippen LogP) is 1.98. The Morgan fingerprint density at radius 1 is 1.14 bits per heavy atom. The van der Waals surface area contributed by atoms with Gasteiger partial charge < -0.3 is 15.6 Å². The Morgan fingerprint density at radius 2 is 1.89 bits per heavy atom. The van der Waals surface area contributed by atoms with Crippen LogP contribution in [0.2, 0.25) is 0 Å². The number of H-pyrrole nitrogens is 1. The molecule has 0 atom stereocenters. The first-order valence-corrected chi connectivity index (χ1v) is 9.99. The molecule has 2 amide bonds. The van der Waals surface area contributed by atoms with Gasteiger partial charge in [0.25, 0.3) is 0 Å². The molecule has 0 saturated carbocycles. The summed E-state index contributed by atoms with van der Waals surface area (Å²) in [5.41, 5.74) is 3.83. The molecular weight excluding hydrogens is 354 g/mol. The molecule has 1 aromatic heterocycles. The summed E-state index contributed by atoms with van der Waals surface area (Å²) in [6, 6.07) is 6.42. The number of piperidine rings is 1. The van der Waals surface area contributed by atoms with Crippen LogP contribution in [0.4, 0.5) is 0 Å². The fourth-order valence-electron chi connectivity index (χ4n) is 3.65. The molecule has 3 rings (SSSR count). The minimum atomic E-state index is -0.0771. The lowest BCUT2D eigenvalue weighted by atomic mass is 10.1. The third-order valence-corrected chi connectivity index (χ3v) is 5.19. The SMILES string of the molecule is CCc1cccc2c(CCNC(=NC)NCCN3C(=O)CCCC3=O)c[nH]c12. The number of fused-ring (bicyclic) bond motifs is 1. The number of hydrogen-bond acceptors (Lipinski definition) is 3. The van der Waals surface area contributed by atoms with Crippen molar-refractivity contribution >= 4 is 28.7 Å². The Hall–Kier alpha value is -2.83. The molecule has 3 N–H and O–H groups in total. The predicted molar refractivity (Wildman–Crippen MR) is 111 cm³/mol. The van der Waals surface area contributed by atoms with Gasteiger partial charge in [-0.05, 0) is 30.4 Å². The Balaban J connectivity index is 1.47. The average Bonchev–Trinajstić information content (AvgIpc) is 3.12. The molecule has 0 unspecified atom stereocenters. The number of imide groups is 1. The monoisotopic (exact) mass is 383 g/mol. The van der Waals surface area contributed by atoms with Crippen LogP contribution in [-0.4, -0.2) is 54.3 Å². The highest BCUT2D eigenvalue weighted by Crippen LogP contribution is 2.22. The summed E-state index contributed by atoms with van der Waals surface area (Å²) in [7, 11) is 1.71. The molecule has 1 saturated heterocycles.